The van der Waals surface area contributed by atoms with Gasteiger partial charge in [-0.3, -0.25) is 4.90 Å². The number of para-hydroxylation sites is 2. The minimum Gasteiger partial charge on any atom is -0.340 e. The molecule has 0 bridgehead atoms. The van der Waals surface area contributed by atoms with Crippen LogP contribution in [-0.4, -0.2) is 46.2 Å². The van der Waals surface area contributed by atoms with Crippen LogP contribution in [0, 0.1) is 13.8 Å². The van der Waals surface area contributed by atoms with Gasteiger partial charge < -0.3 is 9.47 Å². The Morgan fingerprint density at radius 3 is 1.53 bits per heavy atom. The SMILES string of the molecule is CCCc1ccccc1-c1cc(C)c2c(c1)C=[N+]1C3CCCCC3[N+]3=Cc4cc(-c5ccccc5CC[NH+](c5ccccc5)c5ccccc5)cc(C)c4OC13O2. The van der Waals surface area contributed by atoms with E-state index in [2.05, 4.69) is 176 Å². The van der Waals surface area contributed by atoms with Gasteiger partial charge in [0, 0.05) is 19.3 Å². The molecule has 2 fully saturated rings. The number of rotatable bonds is 9. The lowest BCUT2D eigenvalue weighted by Gasteiger charge is -2.29. The van der Waals surface area contributed by atoms with Gasteiger partial charge in [0.1, 0.15) is 11.4 Å². The van der Waals surface area contributed by atoms with E-state index in [1.54, 1.807) is 0 Å². The molecule has 1 saturated carbocycles. The van der Waals surface area contributed by atoms with E-state index in [0.29, 0.717) is 12.1 Å². The van der Waals surface area contributed by atoms with Crippen molar-refractivity contribution >= 4 is 23.8 Å². The third-order valence-electron chi connectivity index (χ3n) is 12.8. The Hall–Kier alpha value is -5.78. The molecule has 1 aliphatic carbocycles. The van der Waals surface area contributed by atoms with Crippen molar-refractivity contribution in [2.45, 2.75) is 83.8 Å². The number of hydrogen-bond acceptors (Lipinski definition) is 2. The Balaban J connectivity index is 1.02. The van der Waals surface area contributed by atoms with E-state index in [0.717, 1.165) is 72.4 Å². The Kier molecular flexibility index (Phi) is 9.14. The number of quaternary nitrogens is 1. The van der Waals surface area contributed by atoms with Crippen LogP contribution in [0.15, 0.2) is 133 Å². The maximum absolute atomic E-state index is 7.31. The number of ether oxygens (including phenoxy) is 2. The van der Waals surface area contributed by atoms with Crippen LogP contribution in [0.25, 0.3) is 22.3 Å². The average Bonchev–Trinajstić information content (AvgIpc) is 3.52. The maximum Gasteiger partial charge on any atom is 0.704 e. The smallest absolute Gasteiger partial charge is 0.340 e. The fourth-order valence-electron chi connectivity index (χ4n) is 10.1. The van der Waals surface area contributed by atoms with Crippen LogP contribution in [0.2, 0.25) is 0 Å². The van der Waals surface area contributed by atoms with Crippen molar-refractivity contribution in [2.75, 3.05) is 6.54 Å². The molecule has 10 rings (SSSR count). The zero-order chi connectivity index (χ0) is 38.5. The van der Waals surface area contributed by atoms with Gasteiger partial charge in [-0.25, -0.2) is 0 Å². The summed E-state index contributed by atoms with van der Waals surface area (Å²) >= 11 is 0. The Morgan fingerprint density at radius 2 is 1.04 bits per heavy atom. The van der Waals surface area contributed by atoms with E-state index < -0.39 is 6.03 Å². The van der Waals surface area contributed by atoms with E-state index in [1.165, 1.54) is 62.5 Å². The van der Waals surface area contributed by atoms with E-state index in [-0.39, 0.29) is 0 Å². The summed E-state index contributed by atoms with van der Waals surface area (Å²) in [5.74, 6) is 1.81. The van der Waals surface area contributed by atoms with Gasteiger partial charge in [0.05, 0.1) is 17.7 Å². The molecular formula is C52H52N3O2+3. The molecule has 4 aliphatic rings. The fourth-order valence-corrected chi connectivity index (χ4v) is 10.1. The molecule has 1 saturated heterocycles. The van der Waals surface area contributed by atoms with Crippen molar-refractivity contribution in [2.24, 2.45) is 0 Å². The van der Waals surface area contributed by atoms with Crippen LogP contribution in [0.3, 0.4) is 0 Å². The quantitative estimate of drug-likeness (QED) is 0.149. The van der Waals surface area contributed by atoms with Crippen LogP contribution in [0.1, 0.15) is 72.4 Å². The van der Waals surface area contributed by atoms with E-state index in [4.69, 9.17) is 9.47 Å². The average molecular weight is 751 g/mol. The molecule has 5 heteroatoms. The maximum atomic E-state index is 7.31. The second kappa shape index (κ2) is 14.6. The van der Waals surface area contributed by atoms with E-state index in [9.17, 15) is 0 Å². The van der Waals surface area contributed by atoms with Gasteiger partial charge in [0.2, 0.25) is 12.1 Å². The Bertz CT molecular complexity index is 2500. The molecule has 6 aromatic rings. The topological polar surface area (TPSA) is 28.9 Å². The van der Waals surface area contributed by atoms with Gasteiger partial charge in [0.15, 0.2) is 23.9 Å². The molecule has 1 spiro atoms. The second-order valence-electron chi connectivity index (χ2n) is 16.4. The summed E-state index contributed by atoms with van der Waals surface area (Å²) in [5.41, 5.74) is 14.9. The van der Waals surface area contributed by atoms with Crippen LogP contribution < -0.4 is 14.4 Å². The Morgan fingerprint density at radius 1 is 0.579 bits per heavy atom. The molecule has 6 aromatic carbocycles. The molecule has 0 radical (unpaired) electrons. The molecule has 3 unspecified atom stereocenters. The van der Waals surface area contributed by atoms with Gasteiger partial charge in [-0.05, 0) is 126 Å². The zero-order valence-electron chi connectivity index (χ0n) is 33.4. The van der Waals surface area contributed by atoms with Crippen LogP contribution in [0.4, 0.5) is 11.4 Å². The Labute approximate surface area is 337 Å². The number of nitrogens with zero attached hydrogens (tertiary/aromatic N) is 2. The molecule has 1 N–H and O–H groups in total. The van der Waals surface area contributed by atoms with Crippen LogP contribution in [0.5, 0.6) is 11.5 Å². The van der Waals surface area contributed by atoms with Crippen LogP contribution in [-0.2, 0) is 12.8 Å². The van der Waals surface area contributed by atoms with Gasteiger partial charge in [-0.2, -0.15) is 0 Å². The van der Waals surface area contributed by atoms with E-state index in [1.807, 2.05) is 0 Å². The van der Waals surface area contributed by atoms with Crippen LogP contribution >= 0.6 is 0 Å². The molecule has 0 aromatic heterocycles. The van der Waals surface area contributed by atoms with Gasteiger partial charge >= 0.3 is 6.03 Å². The summed E-state index contributed by atoms with van der Waals surface area (Å²) in [6.45, 7) is 7.58. The van der Waals surface area contributed by atoms with Crippen molar-refractivity contribution in [1.82, 2.24) is 0 Å². The summed E-state index contributed by atoms with van der Waals surface area (Å²) in [6, 6.07) is 48.3. The third kappa shape index (κ3) is 6.20. The van der Waals surface area contributed by atoms with Crippen molar-refractivity contribution in [3.63, 3.8) is 0 Å². The zero-order valence-corrected chi connectivity index (χ0v) is 33.4. The lowest BCUT2D eigenvalue weighted by Crippen LogP contribution is -3.02. The predicted molar refractivity (Wildman–Crippen MR) is 230 cm³/mol. The summed E-state index contributed by atoms with van der Waals surface area (Å²) in [6.07, 6.45) is 12.5. The first kappa shape index (κ1) is 35.6. The molecular weight excluding hydrogens is 699 g/mol. The second-order valence-corrected chi connectivity index (χ2v) is 16.4. The summed E-state index contributed by atoms with van der Waals surface area (Å²) in [7, 11) is 0. The molecule has 3 aliphatic heterocycles. The summed E-state index contributed by atoms with van der Waals surface area (Å²) in [4.78, 5) is 1.37. The minimum absolute atomic E-state index is 0.295. The third-order valence-corrected chi connectivity index (χ3v) is 12.8. The highest BCUT2D eigenvalue weighted by molar-refractivity contribution is 5.88. The largest absolute Gasteiger partial charge is 0.704 e. The summed E-state index contributed by atoms with van der Waals surface area (Å²) in [5, 5.41) is 0. The van der Waals surface area contributed by atoms with Crippen molar-refractivity contribution in [3.05, 3.63) is 167 Å². The highest BCUT2D eigenvalue weighted by Gasteiger charge is 2.76. The van der Waals surface area contributed by atoms with Gasteiger partial charge in [-0.1, -0.05) is 107 Å². The van der Waals surface area contributed by atoms with Gasteiger partial charge in [-0.15, -0.1) is 0 Å². The first-order chi connectivity index (χ1) is 28.0. The number of benzene rings is 6. The predicted octanol–water partition coefficient (Wildman–Crippen LogP) is 9.96. The molecule has 3 atom stereocenters. The monoisotopic (exact) mass is 750 g/mol. The fraction of sp³-hybridized carbons (Fsp3) is 0.269. The normalized spacial score (nSPS) is 20.2. The van der Waals surface area contributed by atoms with Crippen molar-refractivity contribution in [3.8, 4) is 33.8 Å². The highest BCUT2D eigenvalue weighted by Crippen LogP contribution is 2.47. The first-order valence-corrected chi connectivity index (χ1v) is 21.1. The van der Waals surface area contributed by atoms with Gasteiger partial charge in [0.25, 0.3) is 0 Å². The van der Waals surface area contributed by atoms with Crippen molar-refractivity contribution in [1.29, 1.82) is 0 Å². The molecule has 284 valence electrons. The van der Waals surface area contributed by atoms with E-state index >= 15 is 0 Å². The lowest BCUT2D eigenvalue weighted by molar-refractivity contribution is -0.866. The lowest BCUT2D eigenvalue weighted by atomic mass is 9.90. The molecule has 57 heavy (non-hydrogen) atoms. The van der Waals surface area contributed by atoms with Crippen molar-refractivity contribution < 1.29 is 23.5 Å². The minimum atomic E-state index is -1.06. The highest BCUT2D eigenvalue weighted by atomic mass is 16.7. The molecule has 5 nitrogen and oxygen atoms in total. The number of nitrogens with one attached hydrogen (secondary N) is 1. The molecule has 0 amide bonds. The number of hydrogen-bond donors (Lipinski definition) is 1. The molecule has 3 heterocycles. The first-order valence-electron chi connectivity index (χ1n) is 21.1. The summed E-state index contributed by atoms with van der Waals surface area (Å²) < 4.78 is 19.4. The standard InChI is InChI=1S/C52H51N3O2/c1-4-17-38-18-11-13-24-46(38)40-30-36(2)50-42(32-40)34-54-48-26-15-16-27-49(48)55-35-43-33-41(31-37(3)51(43)57-52(54,55)56-50)47-25-14-12-19-39(47)28-29-53(44-20-7-5-8-21-44)45-22-9-6-10-23-45/h5-14,18-25,30-35,48-49H,4,15-17,26-29H2,1-3H3/q+2/p+1. The number of aryl methyl sites for hydroxylation is 3. The number of fused-ring (bicyclic) bond motifs is 5.